The molecule has 4 aromatic carbocycles. The molecule has 244 valence electrons. The number of hydrogen-bond donors (Lipinski definition) is 0. The Morgan fingerprint density at radius 3 is 1.11 bits per heavy atom. The Hall–Kier alpha value is -5.15. The van der Waals surface area contributed by atoms with E-state index in [1.165, 1.54) is 0 Å². The molecule has 4 aromatic rings. The lowest BCUT2D eigenvalue weighted by Gasteiger charge is -2.10. The van der Waals surface area contributed by atoms with Gasteiger partial charge in [0.1, 0.15) is 11.5 Å². The van der Waals surface area contributed by atoms with Crippen molar-refractivity contribution < 1.29 is 37.0 Å². The molecule has 47 heavy (non-hydrogen) atoms. The fourth-order valence-corrected chi connectivity index (χ4v) is 5.61. The monoisotopic (exact) mass is 654 g/mol. The van der Waals surface area contributed by atoms with E-state index < -0.39 is 21.8 Å². The summed E-state index contributed by atoms with van der Waals surface area (Å²) >= 11 is 0. The molecule has 0 bridgehead atoms. The Morgan fingerprint density at radius 2 is 0.809 bits per heavy atom. The van der Waals surface area contributed by atoms with Gasteiger partial charge in [-0.15, -0.1) is 0 Å². The number of carbonyl (C=O) groups excluding carboxylic acids is 2. The lowest BCUT2D eigenvalue weighted by Crippen LogP contribution is -2.09. The molecular weight excluding hydrogens is 616 g/mol. The fourth-order valence-electron chi connectivity index (χ4n) is 4.35. The lowest BCUT2D eigenvalue weighted by atomic mass is 10.1. The molecule has 0 fully saturated rings. The zero-order valence-corrected chi connectivity index (χ0v) is 27.4. The molecule has 0 aliphatic rings. The summed E-state index contributed by atoms with van der Waals surface area (Å²) in [6, 6.07) is 28.6. The van der Waals surface area contributed by atoms with Gasteiger partial charge in [-0.2, -0.15) is 0 Å². The van der Waals surface area contributed by atoms with Crippen LogP contribution in [0.4, 0.5) is 0 Å². The summed E-state index contributed by atoms with van der Waals surface area (Å²) in [5, 5.41) is 0. The molecule has 8 nitrogen and oxygen atoms in total. The minimum Gasteiger partial charge on any atom is -0.493 e. The number of ether oxygens (including phenoxy) is 4. The minimum atomic E-state index is -3.71. The molecule has 4 rings (SSSR count). The molecule has 9 heteroatoms. The second-order valence-corrected chi connectivity index (χ2v) is 12.8. The summed E-state index contributed by atoms with van der Waals surface area (Å²) in [5.41, 5.74) is 4.31. The standard InChI is InChI=1S/C38H38O8S/c1-27(2)37(39)45-25-5-23-43-33-15-7-29(8-16-33)31-11-19-35(20-12-31)47(41,42)36-21-13-32(14-22-36)30-9-17-34(18-10-30)44-24-6-26-46-38(40)28(3)4/h7-22H,1,3,5-6,23-26H2,2,4H3. The van der Waals surface area contributed by atoms with Gasteiger partial charge in [0.25, 0.3) is 0 Å². The Bertz CT molecular complexity index is 1660. The normalized spacial score (nSPS) is 10.9. The average molecular weight is 655 g/mol. The van der Waals surface area contributed by atoms with E-state index in [2.05, 4.69) is 13.2 Å². The summed E-state index contributed by atoms with van der Waals surface area (Å²) in [7, 11) is -3.71. The van der Waals surface area contributed by atoms with Crippen LogP contribution in [0.5, 0.6) is 11.5 Å². The van der Waals surface area contributed by atoms with Gasteiger partial charge in [0.2, 0.25) is 9.84 Å². The van der Waals surface area contributed by atoms with Crippen LogP contribution in [-0.2, 0) is 28.9 Å². The Labute approximate surface area is 276 Å². The second kappa shape index (κ2) is 16.4. The molecule has 0 unspecified atom stereocenters. The van der Waals surface area contributed by atoms with Crippen molar-refractivity contribution in [2.24, 2.45) is 0 Å². The predicted molar refractivity (Wildman–Crippen MR) is 181 cm³/mol. The molecule has 0 atom stereocenters. The summed E-state index contributed by atoms with van der Waals surface area (Å²) in [6.45, 7) is 11.6. The van der Waals surface area contributed by atoms with Crippen molar-refractivity contribution in [3.05, 3.63) is 121 Å². The van der Waals surface area contributed by atoms with E-state index in [4.69, 9.17) is 18.9 Å². The molecule has 0 radical (unpaired) electrons. The molecular formula is C38H38O8S. The maximum atomic E-state index is 13.4. The van der Waals surface area contributed by atoms with Gasteiger partial charge in [-0.05, 0) is 84.6 Å². The van der Waals surface area contributed by atoms with Crippen LogP contribution in [0.3, 0.4) is 0 Å². The first-order valence-electron chi connectivity index (χ1n) is 15.1. The molecule has 0 aliphatic heterocycles. The molecule has 0 saturated carbocycles. The highest BCUT2D eigenvalue weighted by molar-refractivity contribution is 7.91. The van der Waals surface area contributed by atoms with Crippen LogP contribution < -0.4 is 9.47 Å². The van der Waals surface area contributed by atoms with Crippen LogP contribution >= 0.6 is 0 Å². The van der Waals surface area contributed by atoms with Crippen LogP contribution in [0.1, 0.15) is 26.7 Å². The SMILES string of the molecule is C=C(C)C(=O)OCCCOc1ccc(-c2ccc(S(=O)(=O)c3ccc(-c4ccc(OCCCOC(=O)C(=C)C)cc4)cc3)cc2)cc1. The summed E-state index contributed by atoms with van der Waals surface area (Å²) in [6.07, 6.45) is 1.12. The van der Waals surface area contributed by atoms with Gasteiger partial charge in [0.15, 0.2) is 0 Å². The predicted octanol–water partition coefficient (Wildman–Crippen LogP) is 7.63. The van der Waals surface area contributed by atoms with Crippen molar-refractivity contribution in [2.45, 2.75) is 36.5 Å². The van der Waals surface area contributed by atoms with Crippen molar-refractivity contribution in [3.63, 3.8) is 0 Å². The largest absolute Gasteiger partial charge is 0.493 e. The van der Waals surface area contributed by atoms with Gasteiger partial charge in [-0.3, -0.25) is 0 Å². The Morgan fingerprint density at radius 1 is 0.511 bits per heavy atom. The zero-order chi connectivity index (χ0) is 33.8. The van der Waals surface area contributed by atoms with Crippen LogP contribution in [0.2, 0.25) is 0 Å². The number of benzene rings is 4. The van der Waals surface area contributed by atoms with E-state index in [9.17, 15) is 18.0 Å². The van der Waals surface area contributed by atoms with Crippen molar-refractivity contribution in [3.8, 4) is 33.8 Å². The molecule has 0 aromatic heterocycles. The first-order valence-corrected chi connectivity index (χ1v) is 16.6. The number of carbonyl (C=O) groups is 2. The van der Waals surface area contributed by atoms with E-state index >= 15 is 0 Å². The van der Waals surface area contributed by atoms with Crippen molar-refractivity contribution in [1.29, 1.82) is 0 Å². The van der Waals surface area contributed by atoms with Gasteiger partial charge < -0.3 is 18.9 Å². The highest BCUT2D eigenvalue weighted by atomic mass is 32.2. The quantitative estimate of drug-likeness (QED) is 0.0690. The van der Waals surface area contributed by atoms with Crippen LogP contribution in [-0.4, -0.2) is 46.8 Å². The zero-order valence-electron chi connectivity index (χ0n) is 26.6. The maximum absolute atomic E-state index is 13.4. The Kier molecular flexibility index (Phi) is 12.1. The Balaban J connectivity index is 1.29. The molecule has 0 saturated heterocycles. The van der Waals surface area contributed by atoms with Crippen LogP contribution in [0, 0.1) is 0 Å². The molecule has 0 heterocycles. The summed E-state index contributed by atoms with van der Waals surface area (Å²) < 4.78 is 48.3. The third kappa shape index (κ3) is 9.92. The van der Waals surface area contributed by atoms with E-state index in [0.717, 1.165) is 22.3 Å². The lowest BCUT2D eigenvalue weighted by molar-refractivity contribution is -0.140. The molecule has 0 amide bonds. The van der Waals surface area contributed by atoms with Gasteiger partial charge in [-0.25, -0.2) is 18.0 Å². The molecule has 0 N–H and O–H groups in total. The molecule has 0 spiro atoms. The number of sulfone groups is 1. The van der Waals surface area contributed by atoms with Crippen molar-refractivity contribution in [2.75, 3.05) is 26.4 Å². The van der Waals surface area contributed by atoms with Gasteiger partial charge >= 0.3 is 11.9 Å². The highest BCUT2D eigenvalue weighted by Crippen LogP contribution is 2.29. The van der Waals surface area contributed by atoms with Crippen molar-refractivity contribution in [1.82, 2.24) is 0 Å². The first-order chi connectivity index (χ1) is 22.5. The highest BCUT2D eigenvalue weighted by Gasteiger charge is 2.18. The first kappa shape index (κ1) is 34.7. The minimum absolute atomic E-state index is 0.206. The number of esters is 2. The topological polar surface area (TPSA) is 105 Å². The third-order valence-electron chi connectivity index (χ3n) is 6.98. The van der Waals surface area contributed by atoms with Crippen LogP contribution in [0.25, 0.3) is 22.3 Å². The van der Waals surface area contributed by atoms with E-state index in [-0.39, 0.29) is 23.0 Å². The summed E-state index contributed by atoms with van der Waals surface area (Å²) in [5.74, 6) is 0.544. The van der Waals surface area contributed by atoms with Gasteiger partial charge in [-0.1, -0.05) is 61.7 Å². The van der Waals surface area contributed by atoms with Gasteiger partial charge in [0, 0.05) is 24.0 Å². The molecule has 0 aliphatic carbocycles. The fraction of sp³-hybridized carbons (Fsp3) is 0.211. The third-order valence-corrected chi connectivity index (χ3v) is 8.77. The van der Waals surface area contributed by atoms with Crippen LogP contribution in [0.15, 0.2) is 131 Å². The number of hydrogen-bond acceptors (Lipinski definition) is 8. The van der Waals surface area contributed by atoms with Gasteiger partial charge in [0.05, 0.1) is 36.2 Å². The van der Waals surface area contributed by atoms with Crippen molar-refractivity contribution >= 4 is 21.8 Å². The van der Waals surface area contributed by atoms with E-state index in [1.807, 2.05) is 48.5 Å². The van der Waals surface area contributed by atoms with E-state index in [0.29, 0.717) is 48.7 Å². The number of rotatable bonds is 16. The average Bonchev–Trinajstić information content (AvgIpc) is 3.08. The maximum Gasteiger partial charge on any atom is 0.333 e. The summed E-state index contributed by atoms with van der Waals surface area (Å²) in [4.78, 5) is 23.2. The second-order valence-electron chi connectivity index (χ2n) is 10.8. The smallest absolute Gasteiger partial charge is 0.333 e. The van der Waals surface area contributed by atoms with E-state index in [1.54, 1.807) is 62.4 Å².